The molecule has 2 N–H and O–H groups in total. The van der Waals surface area contributed by atoms with E-state index in [9.17, 15) is 9.18 Å². The lowest BCUT2D eigenvalue weighted by atomic mass is 10.1. The quantitative estimate of drug-likeness (QED) is 0.653. The second-order valence-electron chi connectivity index (χ2n) is 2.66. The van der Waals surface area contributed by atoms with Crippen molar-refractivity contribution in [2.75, 3.05) is 5.32 Å². The molecule has 0 bridgehead atoms. The Morgan fingerprint density at radius 1 is 1.67 bits per heavy atom. The molecule has 0 saturated heterocycles. The monoisotopic (exact) mass is 173 g/mol. The highest BCUT2D eigenvalue weighted by Crippen LogP contribution is 2.09. The zero-order chi connectivity index (χ0) is 9.19. The molecule has 7 heteroatoms. The lowest BCUT2D eigenvalue weighted by Crippen LogP contribution is -2.32. The highest BCUT2D eigenvalue weighted by Gasteiger charge is 2.27. The Morgan fingerprint density at radius 2 is 2.33 bits per heavy atom. The third-order valence-corrected chi connectivity index (χ3v) is 1.11. The predicted octanol–water partition coefficient (Wildman–Crippen LogP) is -0.114. The summed E-state index contributed by atoms with van der Waals surface area (Å²) in [6.07, 6.45) is 0. The lowest BCUT2D eigenvalue weighted by Gasteiger charge is -2.10. The Morgan fingerprint density at radius 3 is 2.75 bits per heavy atom. The fourth-order valence-electron chi connectivity index (χ4n) is 0.465. The van der Waals surface area contributed by atoms with Crippen molar-refractivity contribution in [2.24, 2.45) is 0 Å². The van der Waals surface area contributed by atoms with Crippen molar-refractivity contribution >= 4 is 11.9 Å². The molecular formula is C5H8FN5O. The Kier molecular flexibility index (Phi) is 2.03. The van der Waals surface area contributed by atoms with Crippen molar-refractivity contribution in [3.8, 4) is 0 Å². The number of nitrogens with one attached hydrogen (secondary N) is 2. The normalized spacial score (nSPS) is 11.2. The Labute approximate surface area is 67.5 Å². The van der Waals surface area contributed by atoms with Gasteiger partial charge in [0, 0.05) is 0 Å². The van der Waals surface area contributed by atoms with Crippen LogP contribution in [-0.4, -0.2) is 32.2 Å². The first-order chi connectivity index (χ1) is 5.50. The van der Waals surface area contributed by atoms with Crippen LogP contribution in [-0.2, 0) is 4.79 Å². The molecule has 6 nitrogen and oxygen atoms in total. The molecule has 0 fully saturated rings. The van der Waals surface area contributed by atoms with E-state index < -0.39 is 11.6 Å². The summed E-state index contributed by atoms with van der Waals surface area (Å²) < 4.78 is 12.9. The molecule has 0 aliphatic heterocycles. The van der Waals surface area contributed by atoms with Crippen LogP contribution >= 0.6 is 0 Å². The van der Waals surface area contributed by atoms with Gasteiger partial charge in [-0.2, -0.15) is 5.21 Å². The number of tetrazole rings is 1. The fraction of sp³-hybridized carbons (Fsp3) is 0.600. The molecule has 0 saturated carbocycles. The minimum Gasteiger partial charge on any atom is -0.289 e. The van der Waals surface area contributed by atoms with Crippen LogP contribution in [0.15, 0.2) is 0 Å². The molecule has 1 amide bonds. The van der Waals surface area contributed by atoms with Gasteiger partial charge in [-0.05, 0) is 19.1 Å². The van der Waals surface area contributed by atoms with E-state index in [-0.39, 0.29) is 5.95 Å². The number of alkyl halides is 1. The average molecular weight is 173 g/mol. The molecule has 0 unspecified atom stereocenters. The summed E-state index contributed by atoms with van der Waals surface area (Å²) in [5.41, 5.74) is -1.94. The molecule has 1 aromatic rings. The summed E-state index contributed by atoms with van der Waals surface area (Å²) in [6.45, 7) is 2.28. The van der Waals surface area contributed by atoms with E-state index in [1.807, 2.05) is 0 Å². The number of carbonyl (C=O) groups is 1. The van der Waals surface area contributed by atoms with Crippen LogP contribution in [0.1, 0.15) is 13.8 Å². The van der Waals surface area contributed by atoms with Crippen LogP contribution in [0.5, 0.6) is 0 Å². The number of amides is 1. The zero-order valence-electron chi connectivity index (χ0n) is 6.63. The van der Waals surface area contributed by atoms with Crippen molar-refractivity contribution in [3.05, 3.63) is 0 Å². The van der Waals surface area contributed by atoms with Gasteiger partial charge >= 0.3 is 0 Å². The van der Waals surface area contributed by atoms with Crippen LogP contribution in [0.4, 0.5) is 10.3 Å². The van der Waals surface area contributed by atoms with Gasteiger partial charge in [-0.25, -0.2) is 4.39 Å². The van der Waals surface area contributed by atoms with Gasteiger partial charge in [-0.3, -0.25) is 10.1 Å². The SMILES string of the molecule is CC(C)(F)C(=O)Nc1nn[nH]n1. The molecule has 0 radical (unpaired) electrons. The first-order valence-corrected chi connectivity index (χ1v) is 3.24. The van der Waals surface area contributed by atoms with Gasteiger partial charge in [0.2, 0.25) is 0 Å². The van der Waals surface area contributed by atoms with Crippen molar-refractivity contribution in [1.82, 2.24) is 20.6 Å². The largest absolute Gasteiger partial charge is 0.289 e. The smallest absolute Gasteiger partial charge is 0.269 e. The number of H-pyrrole nitrogens is 1. The van der Waals surface area contributed by atoms with Crippen LogP contribution in [0, 0.1) is 0 Å². The summed E-state index contributed by atoms with van der Waals surface area (Å²) in [4.78, 5) is 10.9. The van der Waals surface area contributed by atoms with Gasteiger partial charge in [-0.15, -0.1) is 5.10 Å². The highest BCUT2D eigenvalue weighted by atomic mass is 19.1. The second kappa shape index (κ2) is 2.84. The van der Waals surface area contributed by atoms with E-state index in [4.69, 9.17) is 0 Å². The molecule has 0 aromatic carbocycles. The average Bonchev–Trinajstić information content (AvgIpc) is 2.37. The molecular weight excluding hydrogens is 165 g/mol. The van der Waals surface area contributed by atoms with Crippen molar-refractivity contribution in [3.63, 3.8) is 0 Å². The number of hydrogen-bond acceptors (Lipinski definition) is 4. The fourth-order valence-corrected chi connectivity index (χ4v) is 0.465. The number of anilines is 1. The number of rotatable bonds is 2. The van der Waals surface area contributed by atoms with E-state index in [1.54, 1.807) is 0 Å². The summed E-state index contributed by atoms with van der Waals surface area (Å²) in [5.74, 6) is -0.838. The molecule has 12 heavy (non-hydrogen) atoms. The van der Waals surface area contributed by atoms with E-state index in [0.717, 1.165) is 13.8 Å². The minimum atomic E-state index is -1.94. The van der Waals surface area contributed by atoms with Crippen LogP contribution < -0.4 is 5.32 Å². The number of aromatic amines is 1. The summed E-state index contributed by atoms with van der Waals surface area (Å²) in [5, 5.41) is 14.3. The number of nitrogens with zero attached hydrogens (tertiary/aromatic N) is 3. The van der Waals surface area contributed by atoms with Gasteiger partial charge in [0.25, 0.3) is 11.9 Å². The first kappa shape index (κ1) is 8.57. The van der Waals surface area contributed by atoms with E-state index in [1.165, 1.54) is 0 Å². The number of halogens is 1. The van der Waals surface area contributed by atoms with Gasteiger partial charge in [0.1, 0.15) is 0 Å². The van der Waals surface area contributed by atoms with Crippen molar-refractivity contribution in [2.45, 2.75) is 19.5 Å². The van der Waals surface area contributed by atoms with E-state index in [2.05, 4.69) is 25.9 Å². The summed E-state index contributed by atoms with van der Waals surface area (Å²) >= 11 is 0. The number of aromatic nitrogens is 4. The summed E-state index contributed by atoms with van der Waals surface area (Å²) in [7, 11) is 0. The maximum absolute atomic E-state index is 12.9. The predicted molar refractivity (Wildman–Crippen MR) is 38.0 cm³/mol. The lowest BCUT2D eigenvalue weighted by molar-refractivity contribution is -0.125. The second-order valence-corrected chi connectivity index (χ2v) is 2.66. The van der Waals surface area contributed by atoms with Gasteiger partial charge in [0.05, 0.1) is 0 Å². The molecule has 1 rings (SSSR count). The van der Waals surface area contributed by atoms with Crippen LogP contribution in [0.2, 0.25) is 0 Å². The highest BCUT2D eigenvalue weighted by molar-refractivity contribution is 5.95. The first-order valence-electron chi connectivity index (χ1n) is 3.24. The molecule has 1 aromatic heterocycles. The molecule has 0 spiro atoms. The number of hydrogen-bond donors (Lipinski definition) is 2. The Hall–Kier alpha value is -1.53. The van der Waals surface area contributed by atoms with Crippen LogP contribution in [0.3, 0.4) is 0 Å². The van der Waals surface area contributed by atoms with Gasteiger partial charge in [0.15, 0.2) is 5.67 Å². The van der Waals surface area contributed by atoms with E-state index in [0.29, 0.717) is 0 Å². The zero-order valence-corrected chi connectivity index (χ0v) is 6.63. The maximum atomic E-state index is 12.9. The van der Waals surface area contributed by atoms with E-state index >= 15 is 0 Å². The van der Waals surface area contributed by atoms with Gasteiger partial charge < -0.3 is 0 Å². The molecule has 66 valence electrons. The summed E-state index contributed by atoms with van der Waals surface area (Å²) in [6, 6.07) is 0. The molecule has 1 heterocycles. The maximum Gasteiger partial charge on any atom is 0.269 e. The Bertz CT molecular complexity index is 264. The third kappa shape index (κ3) is 1.97. The topological polar surface area (TPSA) is 83.6 Å². The Balaban J connectivity index is 2.60. The minimum absolute atomic E-state index is 0.0364. The number of carbonyl (C=O) groups excluding carboxylic acids is 1. The standard InChI is InChI=1S/C5H8FN5O/c1-5(2,6)3(12)7-4-8-10-11-9-4/h1-2H3,(H2,7,8,9,10,11,12). The van der Waals surface area contributed by atoms with Crippen LogP contribution in [0.25, 0.3) is 0 Å². The molecule has 0 atom stereocenters. The molecule has 0 aliphatic carbocycles. The van der Waals surface area contributed by atoms with Gasteiger partial charge in [-0.1, -0.05) is 5.10 Å². The third-order valence-electron chi connectivity index (χ3n) is 1.11. The van der Waals surface area contributed by atoms with Crippen molar-refractivity contribution < 1.29 is 9.18 Å². The van der Waals surface area contributed by atoms with Crippen molar-refractivity contribution in [1.29, 1.82) is 0 Å². The molecule has 0 aliphatic rings.